The number of rotatable bonds is 6. The van der Waals surface area contributed by atoms with Gasteiger partial charge in [-0.05, 0) is 25.9 Å². The summed E-state index contributed by atoms with van der Waals surface area (Å²) in [7, 11) is -3.35. The molecule has 0 fully saturated rings. The van der Waals surface area contributed by atoms with E-state index in [0.29, 0.717) is 22.5 Å². The molecule has 0 aliphatic heterocycles. The Labute approximate surface area is 79.3 Å². The van der Waals surface area contributed by atoms with Crippen LogP contribution in [-0.4, -0.2) is 29.4 Å². The van der Waals surface area contributed by atoms with Gasteiger partial charge in [0.25, 0.3) is 0 Å². The molecule has 0 saturated carbocycles. The summed E-state index contributed by atoms with van der Waals surface area (Å²) in [5.74, 6) is 0. The zero-order valence-electron chi connectivity index (χ0n) is 8.39. The Bertz CT molecular complexity index is 173. The molecular weight excluding hydrogens is 191 g/mol. The van der Waals surface area contributed by atoms with Crippen LogP contribution < -0.4 is 0 Å². The second-order valence-electron chi connectivity index (χ2n) is 2.99. The van der Waals surface area contributed by atoms with Crippen LogP contribution in [0.3, 0.4) is 0 Å². The molecule has 6 heteroatoms. The fourth-order valence-electron chi connectivity index (χ4n) is 0.865. The Hall–Kier alpha value is 0.0700. The van der Waals surface area contributed by atoms with Crippen molar-refractivity contribution in [3.8, 4) is 0 Å². The van der Waals surface area contributed by atoms with Crippen LogP contribution in [0.1, 0.15) is 26.7 Å². The Morgan fingerprint density at radius 2 is 1.38 bits per heavy atom. The van der Waals surface area contributed by atoms with E-state index in [1.807, 2.05) is 0 Å². The number of hydrogen-bond acceptors (Lipinski definition) is 3. The molecule has 0 aliphatic carbocycles. The van der Waals surface area contributed by atoms with Crippen molar-refractivity contribution in [3.05, 3.63) is 10.4 Å². The lowest BCUT2D eigenvalue weighted by Gasteiger charge is -2.44. The van der Waals surface area contributed by atoms with Gasteiger partial charge in [-0.15, -0.1) is 0 Å². The zero-order chi connectivity index (χ0) is 10.5. The maximum atomic E-state index is 11.6. The average Bonchev–Trinajstić information content (AvgIpc) is 2.05. The molecule has 0 rings (SSSR count). The highest BCUT2D eigenvalue weighted by Gasteiger charge is 2.17. The van der Waals surface area contributed by atoms with Crippen LogP contribution in [0.25, 0.3) is 0 Å². The summed E-state index contributed by atoms with van der Waals surface area (Å²) in [6.45, 7) is 5.13. The molecule has 0 N–H and O–H groups in total. The molecule has 0 aromatic carbocycles. The Morgan fingerprint density at radius 1 is 1.08 bits per heavy atom. The molecule has 0 radical (unpaired) electrons. The molecule has 0 aromatic rings. The summed E-state index contributed by atoms with van der Waals surface area (Å²) in [4.78, 5) is 0.825. The van der Waals surface area contributed by atoms with Crippen LogP contribution in [0, 0.1) is 10.4 Å². The van der Waals surface area contributed by atoms with E-state index in [1.165, 1.54) is 6.66 Å². The van der Waals surface area contributed by atoms with Crippen molar-refractivity contribution in [3.63, 3.8) is 0 Å². The molecule has 0 amide bonds. The van der Waals surface area contributed by atoms with Gasteiger partial charge in [0.1, 0.15) is 0 Å². The number of hydrogen-bond donors (Lipinski definition) is 0. The average molecular weight is 208 g/mol. The highest BCUT2D eigenvalue weighted by Crippen LogP contribution is 2.48. The van der Waals surface area contributed by atoms with Gasteiger partial charge in [0.15, 0.2) is 7.44 Å². The third-order valence-corrected chi connectivity index (χ3v) is 3.71. The maximum absolute atomic E-state index is 11.6. The zero-order valence-corrected chi connectivity index (χ0v) is 9.29. The van der Waals surface area contributed by atoms with Crippen LogP contribution in [0.4, 0.5) is 0 Å². The third-order valence-electron chi connectivity index (χ3n) is 1.66. The molecular formula is C7H17N2O3P-2. The molecule has 80 valence electrons. The fourth-order valence-corrected chi connectivity index (χ4v) is 2.23. The van der Waals surface area contributed by atoms with E-state index < -0.39 is 7.44 Å². The summed E-state index contributed by atoms with van der Waals surface area (Å²) in [6, 6.07) is 0. The summed E-state index contributed by atoms with van der Waals surface area (Å²) in [5.41, 5.74) is 0. The fraction of sp³-hybridized carbons (Fsp3) is 1.00. The third kappa shape index (κ3) is 3.75. The second kappa shape index (κ2) is 5.73. The van der Waals surface area contributed by atoms with E-state index in [1.54, 1.807) is 13.8 Å². The van der Waals surface area contributed by atoms with Gasteiger partial charge >= 0.3 is 0 Å². The molecule has 0 bridgehead atoms. The van der Waals surface area contributed by atoms with Gasteiger partial charge in [0, 0.05) is 6.66 Å². The van der Waals surface area contributed by atoms with Gasteiger partial charge in [-0.25, -0.2) is 0 Å². The first-order valence-corrected chi connectivity index (χ1v) is 6.50. The van der Waals surface area contributed by atoms with Gasteiger partial charge in [-0.2, -0.15) is 0 Å². The summed E-state index contributed by atoms with van der Waals surface area (Å²) in [6.07, 6.45) is 1.20. The Balaban J connectivity index is 4.27. The molecule has 0 atom stereocenters. The largest absolute Gasteiger partial charge is 0.779 e. The summed E-state index contributed by atoms with van der Waals surface area (Å²) in [5, 5.41) is 22.4. The minimum Gasteiger partial charge on any atom is -0.779 e. The molecule has 0 spiro atoms. The van der Waals surface area contributed by atoms with E-state index >= 15 is 0 Å². The van der Waals surface area contributed by atoms with Crippen LogP contribution in [-0.2, 0) is 4.57 Å². The number of nitrogens with zero attached hydrogens (tertiary/aromatic N) is 2. The number of hydroxylamine groups is 2. The quantitative estimate of drug-likeness (QED) is 0.494. The van der Waals surface area contributed by atoms with Gasteiger partial charge < -0.3 is 20.1 Å². The smallest absolute Gasteiger partial charge is 0.190 e. The monoisotopic (exact) mass is 208 g/mol. The molecule has 13 heavy (non-hydrogen) atoms. The standard InChI is InChI=1S/C7H17N2O3P/c1-4-6-8(10)13(3,12)9(11)7-5-2/h4-7H2,1-3H3/q-2. The lowest BCUT2D eigenvalue weighted by atomic mass is 10.5. The Kier molecular flexibility index (Phi) is 5.76. The van der Waals surface area contributed by atoms with E-state index in [-0.39, 0.29) is 13.1 Å². The minimum atomic E-state index is -3.35. The van der Waals surface area contributed by atoms with Gasteiger partial charge in [-0.3, -0.25) is 4.57 Å². The van der Waals surface area contributed by atoms with Gasteiger partial charge in [0.05, 0.1) is 0 Å². The van der Waals surface area contributed by atoms with E-state index in [2.05, 4.69) is 0 Å². The summed E-state index contributed by atoms with van der Waals surface area (Å²) < 4.78 is 11.6. The van der Waals surface area contributed by atoms with Crippen molar-refractivity contribution in [2.24, 2.45) is 0 Å². The first-order chi connectivity index (χ1) is 5.96. The SMILES string of the molecule is CCCN([O-])P(C)(=O)N([O-])CCC. The van der Waals surface area contributed by atoms with E-state index in [0.717, 1.165) is 0 Å². The van der Waals surface area contributed by atoms with Crippen molar-refractivity contribution in [2.45, 2.75) is 26.7 Å². The van der Waals surface area contributed by atoms with Crippen molar-refractivity contribution in [1.29, 1.82) is 0 Å². The highest BCUT2D eigenvalue weighted by atomic mass is 31.2. The van der Waals surface area contributed by atoms with Gasteiger partial charge in [-0.1, -0.05) is 13.8 Å². The van der Waals surface area contributed by atoms with E-state index in [9.17, 15) is 15.0 Å². The predicted octanol–water partition coefficient (Wildman–Crippen LogP) is 2.23. The molecule has 0 saturated heterocycles. The molecule has 0 heterocycles. The van der Waals surface area contributed by atoms with Crippen molar-refractivity contribution >= 4 is 7.44 Å². The van der Waals surface area contributed by atoms with Crippen LogP contribution >= 0.6 is 7.44 Å². The van der Waals surface area contributed by atoms with Crippen LogP contribution in [0.15, 0.2) is 0 Å². The lowest BCUT2D eigenvalue weighted by Crippen LogP contribution is -2.25. The molecule has 0 aromatic heterocycles. The molecule has 0 unspecified atom stereocenters. The Morgan fingerprint density at radius 3 is 1.62 bits per heavy atom. The summed E-state index contributed by atoms with van der Waals surface area (Å²) >= 11 is 0. The van der Waals surface area contributed by atoms with Crippen molar-refractivity contribution in [2.75, 3.05) is 19.8 Å². The second-order valence-corrected chi connectivity index (χ2v) is 5.55. The normalized spacial score (nSPS) is 12.8. The maximum Gasteiger partial charge on any atom is 0.190 e. The molecule has 5 nitrogen and oxygen atoms in total. The van der Waals surface area contributed by atoms with Crippen molar-refractivity contribution < 1.29 is 4.57 Å². The highest BCUT2D eigenvalue weighted by molar-refractivity contribution is 7.58. The minimum absolute atomic E-state index is 0.149. The first kappa shape index (κ1) is 13.1. The topological polar surface area (TPSA) is 69.7 Å². The van der Waals surface area contributed by atoms with E-state index in [4.69, 9.17) is 0 Å². The molecule has 0 aliphatic rings. The predicted molar refractivity (Wildman–Crippen MR) is 54.3 cm³/mol. The lowest BCUT2D eigenvalue weighted by molar-refractivity contribution is 0.428. The van der Waals surface area contributed by atoms with Crippen molar-refractivity contribution in [1.82, 2.24) is 9.67 Å². The first-order valence-electron chi connectivity index (χ1n) is 4.44. The van der Waals surface area contributed by atoms with Crippen LogP contribution in [0.2, 0.25) is 0 Å². The van der Waals surface area contributed by atoms with Gasteiger partial charge in [0.2, 0.25) is 0 Å². The van der Waals surface area contributed by atoms with Crippen LogP contribution in [0.5, 0.6) is 0 Å².